The Morgan fingerprint density at radius 3 is 1.21 bits per heavy atom. The van der Waals surface area contributed by atoms with Crippen LogP contribution in [-0.2, 0) is 9.53 Å². The van der Waals surface area contributed by atoms with Crippen LogP contribution in [-0.4, -0.2) is 12.6 Å². The number of rotatable bonds is 29. The normalized spacial score (nSPS) is 12.2. The third kappa shape index (κ3) is 32.5. The second kappa shape index (κ2) is 33.5. The Labute approximate surface area is 238 Å². The molecule has 0 atom stereocenters. The van der Waals surface area contributed by atoms with Crippen molar-refractivity contribution in [1.29, 1.82) is 0 Å². The van der Waals surface area contributed by atoms with E-state index in [1.54, 1.807) is 0 Å². The number of esters is 1. The maximum Gasteiger partial charge on any atom is 0.305 e. The summed E-state index contributed by atoms with van der Waals surface area (Å²) in [4.78, 5) is 11.9. The molecule has 220 valence electrons. The number of allylic oxidation sites excluding steroid dienone is 8. The summed E-state index contributed by atoms with van der Waals surface area (Å²) in [5.74, 6) is -0.00351. The van der Waals surface area contributed by atoms with E-state index in [4.69, 9.17) is 4.74 Å². The molecular weight excluding hydrogens is 464 g/mol. The van der Waals surface area contributed by atoms with Gasteiger partial charge in [-0.15, -0.1) is 0 Å². The zero-order chi connectivity index (χ0) is 27.6. The Kier molecular flexibility index (Phi) is 32.1. The minimum atomic E-state index is -0.00351. The summed E-state index contributed by atoms with van der Waals surface area (Å²) >= 11 is 0. The Bertz CT molecular complexity index is 584. The van der Waals surface area contributed by atoms with Gasteiger partial charge in [-0.3, -0.25) is 4.79 Å². The lowest BCUT2D eigenvalue weighted by Crippen LogP contribution is -2.05. The van der Waals surface area contributed by atoms with E-state index in [0.717, 1.165) is 25.7 Å². The minimum absolute atomic E-state index is 0.00351. The first-order valence-corrected chi connectivity index (χ1v) is 16.6. The summed E-state index contributed by atoms with van der Waals surface area (Å²) in [5, 5.41) is 0. The van der Waals surface area contributed by atoms with Crippen LogP contribution in [0.5, 0.6) is 0 Å². The average molecular weight is 529 g/mol. The monoisotopic (exact) mass is 528 g/mol. The highest BCUT2D eigenvalue weighted by Crippen LogP contribution is 2.10. The van der Waals surface area contributed by atoms with Gasteiger partial charge in [0.05, 0.1) is 6.61 Å². The molecule has 2 heteroatoms. The van der Waals surface area contributed by atoms with Crippen molar-refractivity contribution in [2.45, 2.75) is 168 Å². The van der Waals surface area contributed by atoms with E-state index in [1.165, 1.54) is 122 Å². The molecule has 0 saturated heterocycles. The highest BCUT2D eigenvalue weighted by Gasteiger charge is 2.02. The topological polar surface area (TPSA) is 26.3 Å². The van der Waals surface area contributed by atoms with Crippen LogP contribution >= 0.6 is 0 Å². The van der Waals surface area contributed by atoms with Gasteiger partial charge in [0.1, 0.15) is 0 Å². The maximum absolute atomic E-state index is 11.9. The highest BCUT2D eigenvalue weighted by molar-refractivity contribution is 5.69. The number of carbonyl (C=O) groups is 1. The van der Waals surface area contributed by atoms with Gasteiger partial charge in [-0.05, 0) is 64.2 Å². The molecule has 0 bridgehead atoms. The molecule has 0 radical (unpaired) electrons. The Morgan fingerprint density at radius 2 is 0.789 bits per heavy atom. The number of ether oxygens (including phenoxy) is 1. The van der Waals surface area contributed by atoms with Crippen molar-refractivity contribution < 1.29 is 9.53 Å². The molecule has 0 unspecified atom stereocenters. The van der Waals surface area contributed by atoms with Crippen LogP contribution in [0.2, 0.25) is 0 Å². The third-order valence-electron chi connectivity index (χ3n) is 7.00. The summed E-state index contributed by atoms with van der Waals surface area (Å²) in [5.41, 5.74) is 0. The molecule has 38 heavy (non-hydrogen) atoms. The molecule has 0 N–H and O–H groups in total. The summed E-state index contributed by atoms with van der Waals surface area (Å²) < 4.78 is 5.41. The van der Waals surface area contributed by atoms with Gasteiger partial charge in [-0.25, -0.2) is 0 Å². The average Bonchev–Trinajstić information content (AvgIpc) is 2.92. The fraction of sp³-hybridized carbons (Fsp3) is 0.750. The van der Waals surface area contributed by atoms with Crippen molar-refractivity contribution in [3.05, 3.63) is 48.6 Å². The van der Waals surface area contributed by atoms with Gasteiger partial charge in [-0.2, -0.15) is 0 Å². The van der Waals surface area contributed by atoms with Crippen LogP contribution in [0.25, 0.3) is 0 Å². The van der Waals surface area contributed by atoms with Crippen LogP contribution < -0.4 is 0 Å². The molecular formula is C36H64O2. The smallest absolute Gasteiger partial charge is 0.305 e. The molecule has 0 aliphatic rings. The van der Waals surface area contributed by atoms with E-state index < -0.39 is 0 Å². The number of hydrogen-bond donors (Lipinski definition) is 0. The molecule has 0 aromatic carbocycles. The molecule has 0 spiro atoms. The standard InChI is InChI=1S/C36H64O2/c1-3-5-7-9-11-13-15-17-19-21-23-25-27-29-31-33-35-38-36(37)34-32-30-28-26-24-22-20-18-16-14-12-10-8-6-4-2/h13-20H,3-12,21-35H2,1-2H3/b15-13-,16-14-,19-17-,20-18-. The molecule has 0 rings (SSSR count). The number of hydrogen-bond acceptors (Lipinski definition) is 2. The number of unbranched alkanes of at least 4 members (excludes halogenated alkanes) is 19. The van der Waals surface area contributed by atoms with Gasteiger partial charge >= 0.3 is 5.97 Å². The van der Waals surface area contributed by atoms with Gasteiger partial charge in [0.25, 0.3) is 0 Å². The molecule has 0 heterocycles. The predicted octanol–water partition coefficient (Wildman–Crippen LogP) is 12.2. The molecule has 0 aliphatic carbocycles. The van der Waals surface area contributed by atoms with Crippen LogP contribution in [0.3, 0.4) is 0 Å². The second-order valence-electron chi connectivity index (χ2n) is 10.8. The minimum Gasteiger partial charge on any atom is -0.466 e. The van der Waals surface area contributed by atoms with Crippen LogP contribution in [0.1, 0.15) is 168 Å². The third-order valence-corrected chi connectivity index (χ3v) is 7.00. The quantitative estimate of drug-likeness (QED) is 0.0548. The first kappa shape index (κ1) is 36.4. The van der Waals surface area contributed by atoms with E-state index in [2.05, 4.69) is 62.5 Å². The Morgan fingerprint density at radius 1 is 0.447 bits per heavy atom. The molecule has 2 nitrogen and oxygen atoms in total. The van der Waals surface area contributed by atoms with Gasteiger partial charge in [0.2, 0.25) is 0 Å². The Hall–Kier alpha value is -1.57. The fourth-order valence-corrected chi connectivity index (χ4v) is 4.47. The van der Waals surface area contributed by atoms with E-state index in [0.29, 0.717) is 13.0 Å². The maximum atomic E-state index is 11.9. The van der Waals surface area contributed by atoms with Crippen molar-refractivity contribution in [1.82, 2.24) is 0 Å². The summed E-state index contributed by atoms with van der Waals surface area (Å²) in [6, 6.07) is 0. The van der Waals surface area contributed by atoms with Crippen LogP contribution in [0, 0.1) is 0 Å². The summed E-state index contributed by atoms with van der Waals surface area (Å²) in [6.45, 7) is 5.12. The fourth-order valence-electron chi connectivity index (χ4n) is 4.47. The van der Waals surface area contributed by atoms with Crippen molar-refractivity contribution in [2.24, 2.45) is 0 Å². The lowest BCUT2D eigenvalue weighted by atomic mass is 10.1. The molecule has 0 saturated carbocycles. The second-order valence-corrected chi connectivity index (χ2v) is 10.8. The lowest BCUT2D eigenvalue weighted by molar-refractivity contribution is -0.143. The van der Waals surface area contributed by atoms with Gasteiger partial charge < -0.3 is 4.74 Å². The van der Waals surface area contributed by atoms with Gasteiger partial charge in [0.15, 0.2) is 0 Å². The zero-order valence-corrected chi connectivity index (χ0v) is 25.6. The SMILES string of the molecule is CCCCCC/C=C\C=C/CCCCCCCCOC(=O)CCCCCCC/C=C\C=C/CCCCCC. The van der Waals surface area contributed by atoms with Crippen LogP contribution in [0.4, 0.5) is 0 Å². The zero-order valence-electron chi connectivity index (χ0n) is 25.6. The van der Waals surface area contributed by atoms with E-state index in [-0.39, 0.29) is 5.97 Å². The van der Waals surface area contributed by atoms with Crippen molar-refractivity contribution >= 4 is 5.97 Å². The molecule has 0 aromatic heterocycles. The van der Waals surface area contributed by atoms with E-state index in [1.807, 2.05) is 0 Å². The van der Waals surface area contributed by atoms with E-state index in [9.17, 15) is 4.79 Å². The van der Waals surface area contributed by atoms with Crippen molar-refractivity contribution in [3.63, 3.8) is 0 Å². The molecule has 0 aromatic rings. The van der Waals surface area contributed by atoms with Crippen molar-refractivity contribution in [2.75, 3.05) is 6.61 Å². The molecule has 0 aliphatic heterocycles. The largest absolute Gasteiger partial charge is 0.466 e. The lowest BCUT2D eigenvalue weighted by Gasteiger charge is -2.05. The van der Waals surface area contributed by atoms with E-state index >= 15 is 0 Å². The first-order chi connectivity index (χ1) is 18.8. The molecule has 0 fully saturated rings. The summed E-state index contributed by atoms with van der Waals surface area (Å²) in [7, 11) is 0. The summed E-state index contributed by atoms with van der Waals surface area (Å²) in [6.07, 6.45) is 47.3. The van der Waals surface area contributed by atoms with Crippen molar-refractivity contribution in [3.8, 4) is 0 Å². The Balaban J connectivity index is 3.31. The van der Waals surface area contributed by atoms with Crippen LogP contribution in [0.15, 0.2) is 48.6 Å². The first-order valence-electron chi connectivity index (χ1n) is 16.6. The molecule has 0 amide bonds. The highest BCUT2D eigenvalue weighted by atomic mass is 16.5. The number of carbonyl (C=O) groups excluding carboxylic acids is 1. The van der Waals surface area contributed by atoms with Gasteiger partial charge in [0, 0.05) is 6.42 Å². The van der Waals surface area contributed by atoms with Gasteiger partial charge in [-0.1, -0.05) is 146 Å². The predicted molar refractivity (Wildman–Crippen MR) is 170 cm³/mol.